The molecular weight excluding hydrogens is 334 g/mol. The van der Waals surface area contributed by atoms with Crippen LogP contribution in [0.3, 0.4) is 0 Å². The topological polar surface area (TPSA) is 33.2 Å². The van der Waals surface area contributed by atoms with E-state index in [2.05, 4.69) is 4.98 Å². The molecule has 1 aromatic heterocycles. The summed E-state index contributed by atoms with van der Waals surface area (Å²) in [7, 11) is 0. The van der Waals surface area contributed by atoms with Crippen LogP contribution in [0.4, 0.5) is 14.5 Å². The molecule has 2 heterocycles. The summed E-state index contributed by atoms with van der Waals surface area (Å²) < 4.78 is 27.5. The van der Waals surface area contributed by atoms with E-state index in [1.807, 2.05) is 30.3 Å². The number of benzene rings is 2. The number of carbonyl (C=O) groups excluding carboxylic acids is 1. The third kappa shape index (κ3) is 2.75. The molecule has 0 saturated heterocycles. The standard InChI is InChI=1S/C21H16F2N2O/c1-13-16(7-8-19(24-13)14-5-3-2-4-6-14)21(26)25-10-9-17-18(23)11-15(22)12-20(17)25/h2-8,11-12H,9-10H2,1H3. The fourth-order valence-electron chi connectivity index (χ4n) is 3.34. The second-order valence-corrected chi connectivity index (χ2v) is 6.29. The quantitative estimate of drug-likeness (QED) is 0.680. The van der Waals surface area contributed by atoms with E-state index in [4.69, 9.17) is 0 Å². The van der Waals surface area contributed by atoms with Crippen molar-refractivity contribution in [3.8, 4) is 11.3 Å². The third-order valence-corrected chi connectivity index (χ3v) is 4.64. The molecule has 0 saturated carbocycles. The van der Waals surface area contributed by atoms with Crippen molar-refractivity contribution >= 4 is 11.6 Å². The molecule has 0 unspecified atom stereocenters. The first kappa shape index (κ1) is 16.4. The molecule has 0 aliphatic carbocycles. The van der Waals surface area contributed by atoms with Crippen LogP contribution >= 0.6 is 0 Å². The van der Waals surface area contributed by atoms with Gasteiger partial charge in [-0.1, -0.05) is 30.3 Å². The molecule has 0 fully saturated rings. The summed E-state index contributed by atoms with van der Waals surface area (Å²) in [4.78, 5) is 18.9. The van der Waals surface area contributed by atoms with Crippen molar-refractivity contribution in [2.24, 2.45) is 0 Å². The first-order valence-electron chi connectivity index (χ1n) is 8.37. The summed E-state index contributed by atoms with van der Waals surface area (Å²) in [6.45, 7) is 2.09. The molecule has 0 N–H and O–H groups in total. The fourth-order valence-corrected chi connectivity index (χ4v) is 3.34. The number of nitrogens with zero attached hydrogens (tertiary/aromatic N) is 2. The van der Waals surface area contributed by atoms with Gasteiger partial charge in [-0.2, -0.15) is 0 Å². The van der Waals surface area contributed by atoms with E-state index in [1.165, 1.54) is 11.0 Å². The Morgan fingerprint density at radius 1 is 1.08 bits per heavy atom. The van der Waals surface area contributed by atoms with Gasteiger partial charge in [0.25, 0.3) is 5.91 Å². The predicted molar refractivity (Wildman–Crippen MR) is 96.1 cm³/mol. The van der Waals surface area contributed by atoms with E-state index in [9.17, 15) is 13.6 Å². The Morgan fingerprint density at radius 2 is 1.85 bits per heavy atom. The smallest absolute Gasteiger partial charge is 0.260 e. The predicted octanol–water partition coefficient (Wildman–Crippen LogP) is 4.54. The van der Waals surface area contributed by atoms with Crippen LogP contribution in [0.15, 0.2) is 54.6 Å². The third-order valence-electron chi connectivity index (χ3n) is 4.64. The highest BCUT2D eigenvalue weighted by molar-refractivity contribution is 6.08. The van der Waals surface area contributed by atoms with Gasteiger partial charge < -0.3 is 4.90 Å². The van der Waals surface area contributed by atoms with Crippen LogP contribution in [0.1, 0.15) is 21.6 Å². The molecule has 3 nitrogen and oxygen atoms in total. The highest BCUT2D eigenvalue weighted by Crippen LogP contribution is 2.32. The highest BCUT2D eigenvalue weighted by atomic mass is 19.1. The summed E-state index contributed by atoms with van der Waals surface area (Å²) in [5.41, 5.74) is 3.44. The van der Waals surface area contributed by atoms with Crippen LogP contribution < -0.4 is 4.90 Å². The van der Waals surface area contributed by atoms with Gasteiger partial charge in [-0.15, -0.1) is 0 Å². The first-order chi connectivity index (χ1) is 12.5. The molecule has 0 bridgehead atoms. The van der Waals surface area contributed by atoms with Crippen molar-refractivity contribution < 1.29 is 13.6 Å². The van der Waals surface area contributed by atoms with E-state index in [0.29, 0.717) is 35.5 Å². The minimum Gasteiger partial charge on any atom is -0.307 e. The monoisotopic (exact) mass is 350 g/mol. The normalized spacial score (nSPS) is 13.0. The molecule has 26 heavy (non-hydrogen) atoms. The lowest BCUT2D eigenvalue weighted by Crippen LogP contribution is -2.29. The lowest BCUT2D eigenvalue weighted by atomic mass is 10.1. The number of hydrogen-bond donors (Lipinski definition) is 0. The number of hydrogen-bond acceptors (Lipinski definition) is 2. The number of rotatable bonds is 2. The lowest BCUT2D eigenvalue weighted by Gasteiger charge is -2.19. The van der Waals surface area contributed by atoms with Gasteiger partial charge in [-0.3, -0.25) is 9.78 Å². The van der Waals surface area contributed by atoms with Crippen LogP contribution in [-0.4, -0.2) is 17.4 Å². The van der Waals surface area contributed by atoms with Gasteiger partial charge in [0.05, 0.1) is 22.6 Å². The van der Waals surface area contributed by atoms with Crippen LogP contribution in [0.5, 0.6) is 0 Å². The number of fused-ring (bicyclic) bond motifs is 1. The summed E-state index contributed by atoms with van der Waals surface area (Å²) in [6, 6.07) is 15.3. The Morgan fingerprint density at radius 3 is 2.58 bits per heavy atom. The van der Waals surface area contributed by atoms with E-state index >= 15 is 0 Å². The summed E-state index contributed by atoms with van der Waals surface area (Å²) in [5.74, 6) is -1.59. The van der Waals surface area contributed by atoms with Crippen molar-refractivity contribution in [2.45, 2.75) is 13.3 Å². The Labute approximate surface area is 149 Å². The Kier molecular flexibility index (Phi) is 3.99. The molecule has 0 spiro atoms. The number of aromatic nitrogens is 1. The van der Waals surface area contributed by atoms with E-state index < -0.39 is 11.6 Å². The molecule has 2 aromatic carbocycles. The summed E-state index contributed by atoms with van der Waals surface area (Å²) >= 11 is 0. The molecule has 4 rings (SSSR count). The van der Waals surface area contributed by atoms with E-state index in [1.54, 1.807) is 19.1 Å². The van der Waals surface area contributed by atoms with Crippen molar-refractivity contribution in [2.75, 3.05) is 11.4 Å². The van der Waals surface area contributed by atoms with Crippen LogP contribution in [0.25, 0.3) is 11.3 Å². The zero-order chi connectivity index (χ0) is 18.3. The van der Waals surface area contributed by atoms with E-state index in [-0.39, 0.29) is 5.91 Å². The molecule has 1 aliphatic heterocycles. The average Bonchev–Trinajstić information content (AvgIpc) is 3.06. The summed E-state index contributed by atoms with van der Waals surface area (Å²) in [5, 5.41) is 0. The number of aryl methyl sites for hydroxylation is 1. The Hall–Kier alpha value is -3.08. The maximum atomic E-state index is 13.9. The molecule has 130 valence electrons. The number of halogens is 2. The first-order valence-corrected chi connectivity index (χ1v) is 8.37. The number of carbonyl (C=O) groups is 1. The second-order valence-electron chi connectivity index (χ2n) is 6.29. The van der Waals surface area contributed by atoms with Gasteiger partial charge in [0, 0.05) is 23.7 Å². The van der Waals surface area contributed by atoms with Gasteiger partial charge in [0.1, 0.15) is 11.6 Å². The van der Waals surface area contributed by atoms with Crippen molar-refractivity contribution in [1.29, 1.82) is 0 Å². The van der Waals surface area contributed by atoms with Gasteiger partial charge in [0.2, 0.25) is 0 Å². The summed E-state index contributed by atoms with van der Waals surface area (Å²) in [6.07, 6.45) is 0.377. The molecule has 1 aliphatic rings. The lowest BCUT2D eigenvalue weighted by molar-refractivity contribution is 0.0988. The number of pyridine rings is 1. The van der Waals surface area contributed by atoms with Crippen LogP contribution in [-0.2, 0) is 6.42 Å². The molecule has 5 heteroatoms. The molecular formula is C21H16F2N2O. The number of amides is 1. The minimum atomic E-state index is -0.685. The number of anilines is 1. The van der Waals surface area contributed by atoms with Crippen molar-refractivity contribution in [3.05, 3.63) is 83.1 Å². The van der Waals surface area contributed by atoms with Gasteiger partial charge in [-0.25, -0.2) is 8.78 Å². The van der Waals surface area contributed by atoms with E-state index in [0.717, 1.165) is 17.3 Å². The average molecular weight is 350 g/mol. The Bertz CT molecular complexity index is 1000. The highest BCUT2D eigenvalue weighted by Gasteiger charge is 2.29. The van der Waals surface area contributed by atoms with Crippen LogP contribution in [0.2, 0.25) is 0 Å². The van der Waals surface area contributed by atoms with Crippen LogP contribution in [0, 0.1) is 18.6 Å². The van der Waals surface area contributed by atoms with Crippen molar-refractivity contribution in [3.63, 3.8) is 0 Å². The molecule has 0 atom stereocenters. The zero-order valence-corrected chi connectivity index (χ0v) is 14.2. The molecule has 0 radical (unpaired) electrons. The largest absolute Gasteiger partial charge is 0.307 e. The second kappa shape index (κ2) is 6.33. The maximum Gasteiger partial charge on any atom is 0.260 e. The zero-order valence-electron chi connectivity index (χ0n) is 14.2. The van der Waals surface area contributed by atoms with Gasteiger partial charge >= 0.3 is 0 Å². The fraction of sp³-hybridized carbons (Fsp3) is 0.143. The van der Waals surface area contributed by atoms with Gasteiger partial charge in [-0.05, 0) is 31.5 Å². The maximum absolute atomic E-state index is 13.9. The SMILES string of the molecule is Cc1nc(-c2ccccc2)ccc1C(=O)N1CCc2c(F)cc(F)cc21. The van der Waals surface area contributed by atoms with Gasteiger partial charge in [0.15, 0.2) is 0 Å². The Balaban J connectivity index is 1.69. The minimum absolute atomic E-state index is 0.293. The van der Waals surface area contributed by atoms with Crippen molar-refractivity contribution in [1.82, 2.24) is 4.98 Å². The molecule has 3 aromatic rings. The molecule has 1 amide bonds.